The molecule has 0 saturated carbocycles. The van der Waals surface area contributed by atoms with Gasteiger partial charge in [0.15, 0.2) is 16.1 Å². The minimum absolute atomic E-state index is 0.00967. The number of aliphatic hydroxyl groups excluding tert-OH is 4. The molecule has 0 aromatic heterocycles. The van der Waals surface area contributed by atoms with Gasteiger partial charge in [-0.1, -0.05) is 51.7 Å². The lowest BCUT2D eigenvalue weighted by Crippen LogP contribution is -2.63. The number of anilines is 2. The van der Waals surface area contributed by atoms with Gasteiger partial charge in [0, 0.05) is 31.0 Å². The zero-order valence-corrected chi connectivity index (χ0v) is 27.3. The number of carbonyl (C=O) groups is 1. The highest BCUT2D eigenvalue weighted by Crippen LogP contribution is 2.40. The van der Waals surface area contributed by atoms with Crippen molar-refractivity contribution in [3.63, 3.8) is 0 Å². The van der Waals surface area contributed by atoms with Gasteiger partial charge in [-0.2, -0.15) is 0 Å². The maximum Gasteiger partial charge on any atom is 0.321 e. The van der Waals surface area contributed by atoms with Crippen molar-refractivity contribution in [3.8, 4) is 0 Å². The molecule has 2 aromatic carbocycles. The highest BCUT2D eigenvalue weighted by molar-refractivity contribution is 7.91. The van der Waals surface area contributed by atoms with E-state index in [1.807, 2.05) is 37.2 Å². The second-order valence-electron chi connectivity index (χ2n) is 12.4. The Kier molecular flexibility index (Phi) is 11.5. The highest BCUT2D eigenvalue weighted by Gasteiger charge is 2.45. The summed E-state index contributed by atoms with van der Waals surface area (Å²) >= 11 is 0. The first kappa shape index (κ1) is 35.1. The molecule has 0 bridgehead atoms. The molecule has 250 valence electrons. The number of benzene rings is 2. The molecule has 4 rings (SSSR count). The highest BCUT2D eigenvalue weighted by atomic mass is 32.2. The summed E-state index contributed by atoms with van der Waals surface area (Å²) in [5.74, 6) is -0.00967. The van der Waals surface area contributed by atoms with Crippen molar-refractivity contribution in [2.24, 2.45) is 0 Å². The fourth-order valence-corrected chi connectivity index (χ4v) is 8.28. The van der Waals surface area contributed by atoms with Gasteiger partial charge in [0.2, 0.25) is 0 Å². The summed E-state index contributed by atoms with van der Waals surface area (Å²) in [5, 5.41) is 48.9. The average molecular weight is 649 g/mol. The molecule has 12 nitrogen and oxygen atoms in total. The van der Waals surface area contributed by atoms with E-state index in [1.165, 1.54) is 0 Å². The predicted octanol–water partition coefficient (Wildman–Crippen LogP) is 2.26. The number of amides is 2. The summed E-state index contributed by atoms with van der Waals surface area (Å²) in [6, 6.07) is 11.3. The van der Waals surface area contributed by atoms with E-state index in [0.717, 1.165) is 36.9 Å². The number of rotatable bonds is 11. The van der Waals surface area contributed by atoms with Gasteiger partial charge >= 0.3 is 6.03 Å². The average Bonchev–Trinajstić information content (AvgIpc) is 3.11. The van der Waals surface area contributed by atoms with Crippen molar-refractivity contribution < 1.29 is 38.4 Å². The van der Waals surface area contributed by atoms with E-state index < -0.39 is 64.7 Å². The van der Waals surface area contributed by atoms with Crippen LogP contribution in [0.4, 0.5) is 16.2 Å². The fourth-order valence-electron chi connectivity index (χ4n) is 6.21. The number of urea groups is 1. The molecule has 0 aliphatic carbocycles. The molecular weight excluding hydrogens is 600 g/mol. The van der Waals surface area contributed by atoms with Crippen LogP contribution < -0.4 is 20.9 Å². The van der Waals surface area contributed by atoms with Gasteiger partial charge in [-0.15, -0.1) is 0 Å². The second-order valence-corrected chi connectivity index (χ2v) is 14.4. The first-order valence-corrected chi connectivity index (χ1v) is 17.3. The number of sulfone groups is 1. The number of nitrogens with one attached hydrogen (secondary N) is 3. The molecule has 1 unspecified atom stereocenters. The van der Waals surface area contributed by atoms with Crippen LogP contribution >= 0.6 is 0 Å². The molecule has 2 amide bonds. The molecule has 45 heavy (non-hydrogen) atoms. The van der Waals surface area contributed by atoms with E-state index in [-0.39, 0.29) is 5.75 Å². The SMILES string of the molecule is CCCCC1(CCCC)CS(=O)(=O)c2ccc(N(C)C)cc2[C@@H](c2cccc(NC(=O)N[C@@H]3OC(CO)[C@@H](O)[C@H](O)[C@H]3O)c2)N1. The number of hydrogen-bond donors (Lipinski definition) is 7. The maximum absolute atomic E-state index is 14.0. The van der Waals surface area contributed by atoms with Gasteiger partial charge in [-0.3, -0.25) is 5.32 Å². The Bertz CT molecular complexity index is 1410. The fraction of sp³-hybridized carbons (Fsp3) is 0.594. The van der Waals surface area contributed by atoms with E-state index in [1.54, 1.807) is 24.3 Å². The van der Waals surface area contributed by atoms with Crippen LogP contribution in [0.25, 0.3) is 0 Å². The van der Waals surface area contributed by atoms with Crippen LogP contribution in [0.15, 0.2) is 47.4 Å². The Morgan fingerprint density at radius 2 is 1.71 bits per heavy atom. The van der Waals surface area contributed by atoms with E-state index in [9.17, 15) is 33.6 Å². The van der Waals surface area contributed by atoms with Crippen LogP contribution in [0.5, 0.6) is 0 Å². The van der Waals surface area contributed by atoms with Crippen molar-refractivity contribution in [2.45, 2.75) is 99.5 Å². The van der Waals surface area contributed by atoms with Gasteiger partial charge in [0.05, 0.1) is 23.3 Å². The van der Waals surface area contributed by atoms with Gasteiger partial charge in [-0.25, -0.2) is 13.2 Å². The van der Waals surface area contributed by atoms with E-state index >= 15 is 0 Å². The lowest BCUT2D eigenvalue weighted by molar-refractivity contribution is -0.233. The number of unbranched alkanes of at least 4 members (excludes halogenated alkanes) is 2. The maximum atomic E-state index is 14.0. The summed E-state index contributed by atoms with van der Waals surface area (Å²) in [6.07, 6.45) is -2.34. The molecule has 6 atom stereocenters. The molecule has 2 aliphatic heterocycles. The Hall–Kier alpha value is -2.78. The van der Waals surface area contributed by atoms with Gasteiger partial charge < -0.3 is 40.7 Å². The third kappa shape index (κ3) is 7.97. The topological polar surface area (TPSA) is 181 Å². The number of fused-ring (bicyclic) bond motifs is 1. The van der Waals surface area contributed by atoms with Crippen molar-refractivity contribution in [1.29, 1.82) is 0 Å². The summed E-state index contributed by atoms with van der Waals surface area (Å²) < 4.78 is 33.4. The van der Waals surface area contributed by atoms with Crippen LogP contribution in [-0.4, -0.2) is 97.5 Å². The van der Waals surface area contributed by atoms with Gasteiger partial charge in [0.25, 0.3) is 0 Å². The molecular formula is C32H48N4O8S. The molecule has 0 spiro atoms. The van der Waals surface area contributed by atoms with Crippen LogP contribution in [0.2, 0.25) is 0 Å². The summed E-state index contributed by atoms with van der Waals surface area (Å²) in [7, 11) is 0.156. The van der Waals surface area contributed by atoms with E-state index in [4.69, 9.17) is 4.74 Å². The van der Waals surface area contributed by atoms with Crippen molar-refractivity contribution in [3.05, 3.63) is 53.6 Å². The van der Waals surface area contributed by atoms with Crippen molar-refractivity contribution in [1.82, 2.24) is 10.6 Å². The second kappa shape index (κ2) is 14.8. The lowest BCUT2D eigenvalue weighted by atomic mass is 9.86. The molecule has 2 heterocycles. The first-order valence-electron chi connectivity index (χ1n) is 15.6. The van der Waals surface area contributed by atoms with Crippen molar-refractivity contribution in [2.75, 3.05) is 36.7 Å². The van der Waals surface area contributed by atoms with Crippen LogP contribution in [-0.2, 0) is 14.6 Å². The lowest BCUT2D eigenvalue weighted by Gasteiger charge is -2.40. The zero-order valence-electron chi connectivity index (χ0n) is 26.4. The molecule has 2 aliphatic rings. The number of aliphatic hydroxyl groups is 4. The Balaban J connectivity index is 1.70. The predicted molar refractivity (Wildman–Crippen MR) is 172 cm³/mol. The van der Waals surface area contributed by atoms with Crippen LogP contribution in [0.3, 0.4) is 0 Å². The molecule has 2 aromatic rings. The van der Waals surface area contributed by atoms with Gasteiger partial charge in [-0.05, 0) is 54.3 Å². The number of carbonyl (C=O) groups excluding carboxylic acids is 1. The normalized spacial score (nSPS) is 27.2. The Labute approximate surface area is 265 Å². The Morgan fingerprint density at radius 3 is 2.33 bits per heavy atom. The van der Waals surface area contributed by atoms with E-state index in [0.29, 0.717) is 29.0 Å². The van der Waals surface area contributed by atoms with Gasteiger partial charge in [0.1, 0.15) is 24.4 Å². The molecule has 7 N–H and O–H groups in total. The third-order valence-electron chi connectivity index (χ3n) is 8.73. The number of hydrogen-bond acceptors (Lipinski definition) is 10. The quantitative estimate of drug-likeness (QED) is 0.191. The minimum Gasteiger partial charge on any atom is -0.394 e. The zero-order chi connectivity index (χ0) is 32.9. The van der Waals surface area contributed by atoms with Crippen molar-refractivity contribution >= 4 is 27.2 Å². The third-order valence-corrected chi connectivity index (χ3v) is 10.7. The summed E-state index contributed by atoms with van der Waals surface area (Å²) in [5.41, 5.74) is 2.00. The number of ether oxygens (including phenoxy) is 1. The molecule has 1 saturated heterocycles. The molecule has 1 fully saturated rings. The number of nitrogens with zero attached hydrogens (tertiary/aromatic N) is 1. The van der Waals surface area contributed by atoms with Crippen LogP contribution in [0, 0.1) is 0 Å². The van der Waals surface area contributed by atoms with E-state index in [2.05, 4.69) is 29.8 Å². The smallest absolute Gasteiger partial charge is 0.321 e. The largest absolute Gasteiger partial charge is 0.394 e. The summed E-state index contributed by atoms with van der Waals surface area (Å²) in [4.78, 5) is 15.2. The van der Waals surface area contributed by atoms with Crippen LogP contribution in [0.1, 0.15) is 69.5 Å². The first-order chi connectivity index (χ1) is 21.3. The molecule has 0 radical (unpaired) electrons. The minimum atomic E-state index is -3.65. The molecule has 13 heteroatoms. The standard InChI is InChI=1S/C32H48N4O8S/c1-5-7-14-32(15-8-6-2)19-45(42,43)25-13-12-22(36(3)4)17-23(25)26(35-32)20-10-9-11-21(16-20)33-31(41)34-30-29(40)28(39)27(38)24(18-37)44-30/h9-13,16-17,24,26-30,35,37-40H,5-8,14-15,18-19H2,1-4H3,(H2,33,34,41)/t24?,26-,27-,28+,29-,30-/m1/s1. The summed E-state index contributed by atoms with van der Waals surface area (Å²) in [6.45, 7) is 3.57. The monoisotopic (exact) mass is 648 g/mol. The Morgan fingerprint density at radius 1 is 1.02 bits per heavy atom.